The van der Waals surface area contributed by atoms with Crippen LogP contribution in [0.3, 0.4) is 0 Å². The summed E-state index contributed by atoms with van der Waals surface area (Å²) in [4.78, 5) is 0. The first-order valence-electron chi connectivity index (χ1n) is 6.56. The molecule has 1 atom stereocenters. The zero-order valence-corrected chi connectivity index (χ0v) is 13.5. The zero-order valence-electron chi connectivity index (χ0n) is 11.9. The van der Waals surface area contributed by atoms with Gasteiger partial charge in [-0.15, -0.1) is 5.10 Å². The molecule has 0 bridgehead atoms. The van der Waals surface area contributed by atoms with E-state index >= 15 is 0 Å². The number of nitrogens with one attached hydrogen (secondary N) is 1. The van der Waals surface area contributed by atoms with Crippen molar-refractivity contribution in [2.75, 3.05) is 6.54 Å². The van der Waals surface area contributed by atoms with Crippen LogP contribution in [-0.2, 0) is 0 Å². The van der Waals surface area contributed by atoms with Crippen molar-refractivity contribution in [1.82, 2.24) is 25.5 Å². The number of halogens is 3. The van der Waals surface area contributed by atoms with Gasteiger partial charge in [0.1, 0.15) is 11.5 Å². The van der Waals surface area contributed by atoms with Crippen LogP contribution < -0.4 is 5.32 Å². The van der Waals surface area contributed by atoms with E-state index in [1.165, 1.54) is 16.8 Å². The number of tetrazole rings is 1. The molecule has 0 aliphatic heterocycles. The summed E-state index contributed by atoms with van der Waals surface area (Å²) >= 11 is 12.1. The standard InChI is InChI=1S/C13H16Cl2FN5/c1-7(2)6-17-8(3)13-18-19-20-21(13)12-10(14)4-9(16)5-11(12)15/h4-5,7-8,17H,6H2,1-3H3. The van der Waals surface area contributed by atoms with Crippen LogP contribution in [0.2, 0.25) is 10.0 Å². The molecule has 0 amide bonds. The fourth-order valence-electron chi connectivity index (χ4n) is 1.86. The molecule has 2 rings (SSSR count). The Morgan fingerprint density at radius 1 is 1.24 bits per heavy atom. The van der Waals surface area contributed by atoms with Crippen LogP contribution >= 0.6 is 23.2 Å². The summed E-state index contributed by atoms with van der Waals surface area (Å²) in [7, 11) is 0. The average molecular weight is 332 g/mol. The van der Waals surface area contributed by atoms with E-state index in [1.807, 2.05) is 6.92 Å². The molecule has 1 aromatic carbocycles. The lowest BCUT2D eigenvalue weighted by atomic mass is 10.2. The van der Waals surface area contributed by atoms with E-state index in [9.17, 15) is 4.39 Å². The second-order valence-electron chi connectivity index (χ2n) is 5.19. The van der Waals surface area contributed by atoms with Crippen molar-refractivity contribution in [2.45, 2.75) is 26.8 Å². The summed E-state index contributed by atoms with van der Waals surface area (Å²) in [5.41, 5.74) is 0.373. The molecule has 1 unspecified atom stereocenters. The molecular formula is C13H16Cl2FN5. The van der Waals surface area contributed by atoms with Crippen LogP contribution in [0.1, 0.15) is 32.6 Å². The van der Waals surface area contributed by atoms with Crippen LogP contribution in [0, 0.1) is 11.7 Å². The Hall–Kier alpha value is -1.24. The van der Waals surface area contributed by atoms with Gasteiger partial charge in [0.15, 0.2) is 5.82 Å². The third-order valence-corrected chi connectivity index (χ3v) is 3.48. The maximum Gasteiger partial charge on any atom is 0.173 e. The normalized spacial score (nSPS) is 12.9. The minimum Gasteiger partial charge on any atom is -0.307 e. The van der Waals surface area contributed by atoms with Crippen molar-refractivity contribution in [1.29, 1.82) is 0 Å². The number of hydrogen-bond donors (Lipinski definition) is 1. The van der Waals surface area contributed by atoms with Crippen molar-refractivity contribution in [3.63, 3.8) is 0 Å². The summed E-state index contributed by atoms with van der Waals surface area (Å²) < 4.78 is 14.7. The van der Waals surface area contributed by atoms with E-state index in [1.54, 1.807) is 0 Å². The number of hydrogen-bond acceptors (Lipinski definition) is 4. The molecule has 0 fully saturated rings. The molecule has 0 saturated heterocycles. The first kappa shape index (κ1) is 16.1. The van der Waals surface area contributed by atoms with E-state index in [0.717, 1.165) is 6.54 Å². The molecule has 1 aromatic heterocycles. The first-order chi connectivity index (χ1) is 9.90. The van der Waals surface area contributed by atoms with Crippen LogP contribution in [0.25, 0.3) is 5.69 Å². The molecule has 0 aliphatic rings. The van der Waals surface area contributed by atoms with Crippen molar-refractivity contribution < 1.29 is 4.39 Å². The Kier molecular flexibility index (Phi) is 5.13. The van der Waals surface area contributed by atoms with Crippen molar-refractivity contribution >= 4 is 23.2 Å². The summed E-state index contributed by atoms with van der Waals surface area (Å²) in [5.74, 6) is 0.551. The SMILES string of the molecule is CC(C)CNC(C)c1nnnn1-c1c(Cl)cc(F)cc1Cl. The highest BCUT2D eigenvalue weighted by Gasteiger charge is 2.20. The van der Waals surface area contributed by atoms with Gasteiger partial charge in [-0.05, 0) is 41.9 Å². The zero-order chi connectivity index (χ0) is 15.6. The molecule has 0 spiro atoms. The third-order valence-electron chi connectivity index (χ3n) is 2.91. The number of rotatable bonds is 5. The molecule has 5 nitrogen and oxygen atoms in total. The topological polar surface area (TPSA) is 55.6 Å². The average Bonchev–Trinajstić information content (AvgIpc) is 2.83. The van der Waals surface area contributed by atoms with Gasteiger partial charge in [0.05, 0.1) is 16.1 Å². The van der Waals surface area contributed by atoms with E-state index in [-0.39, 0.29) is 16.1 Å². The smallest absolute Gasteiger partial charge is 0.173 e. The van der Waals surface area contributed by atoms with Crippen LogP contribution in [0.15, 0.2) is 12.1 Å². The molecule has 114 valence electrons. The molecule has 0 aliphatic carbocycles. The number of aromatic nitrogens is 4. The molecule has 8 heteroatoms. The molecular weight excluding hydrogens is 316 g/mol. The lowest BCUT2D eigenvalue weighted by Crippen LogP contribution is -2.26. The van der Waals surface area contributed by atoms with Crippen molar-refractivity contribution in [3.8, 4) is 5.69 Å². The molecule has 0 saturated carbocycles. The van der Waals surface area contributed by atoms with E-state index < -0.39 is 5.82 Å². The monoisotopic (exact) mass is 331 g/mol. The quantitative estimate of drug-likeness (QED) is 0.912. The van der Waals surface area contributed by atoms with E-state index in [2.05, 4.69) is 34.7 Å². The number of benzene rings is 1. The minimum atomic E-state index is -0.505. The fourth-order valence-corrected chi connectivity index (χ4v) is 2.48. The lowest BCUT2D eigenvalue weighted by molar-refractivity contribution is 0.475. The van der Waals surface area contributed by atoms with Gasteiger partial charge in [0.25, 0.3) is 0 Å². The predicted octanol–water partition coefficient (Wildman–Crippen LogP) is 3.41. The van der Waals surface area contributed by atoms with Gasteiger partial charge in [0.2, 0.25) is 0 Å². The lowest BCUT2D eigenvalue weighted by Gasteiger charge is -2.16. The van der Waals surface area contributed by atoms with Gasteiger partial charge < -0.3 is 5.32 Å². The Morgan fingerprint density at radius 2 is 1.86 bits per heavy atom. The van der Waals surface area contributed by atoms with Gasteiger partial charge in [-0.25, -0.2) is 4.39 Å². The van der Waals surface area contributed by atoms with Crippen LogP contribution in [0.4, 0.5) is 4.39 Å². The van der Waals surface area contributed by atoms with Crippen molar-refractivity contribution in [2.24, 2.45) is 5.92 Å². The largest absolute Gasteiger partial charge is 0.307 e. The first-order valence-corrected chi connectivity index (χ1v) is 7.32. The predicted molar refractivity (Wildman–Crippen MR) is 80.4 cm³/mol. The second-order valence-corrected chi connectivity index (χ2v) is 6.01. The van der Waals surface area contributed by atoms with Crippen molar-refractivity contribution in [3.05, 3.63) is 33.8 Å². The third kappa shape index (κ3) is 3.70. The van der Waals surface area contributed by atoms with Crippen LogP contribution in [-0.4, -0.2) is 26.8 Å². The molecule has 0 radical (unpaired) electrons. The molecule has 21 heavy (non-hydrogen) atoms. The summed E-state index contributed by atoms with van der Waals surface area (Å²) in [5, 5.41) is 15.2. The highest BCUT2D eigenvalue weighted by Crippen LogP contribution is 2.30. The molecule has 1 heterocycles. The Labute approximate surface area is 132 Å². The summed E-state index contributed by atoms with van der Waals surface area (Å²) in [6.07, 6.45) is 0. The Morgan fingerprint density at radius 3 is 2.43 bits per heavy atom. The highest BCUT2D eigenvalue weighted by molar-refractivity contribution is 6.37. The number of nitrogens with zero attached hydrogens (tertiary/aromatic N) is 4. The highest BCUT2D eigenvalue weighted by atomic mass is 35.5. The maximum atomic E-state index is 13.3. The van der Waals surface area contributed by atoms with E-state index in [0.29, 0.717) is 17.4 Å². The Bertz CT molecular complexity index is 606. The fraction of sp³-hybridized carbons (Fsp3) is 0.462. The molecule has 1 N–H and O–H groups in total. The second kappa shape index (κ2) is 6.68. The molecule has 2 aromatic rings. The summed E-state index contributed by atoms with van der Waals surface area (Å²) in [6, 6.07) is 2.26. The van der Waals surface area contributed by atoms with Gasteiger partial charge in [-0.2, -0.15) is 4.68 Å². The van der Waals surface area contributed by atoms with Gasteiger partial charge in [0, 0.05) is 0 Å². The van der Waals surface area contributed by atoms with Crippen LogP contribution in [0.5, 0.6) is 0 Å². The summed E-state index contributed by atoms with van der Waals surface area (Å²) in [6.45, 7) is 6.97. The maximum absolute atomic E-state index is 13.3. The van der Waals surface area contributed by atoms with Gasteiger partial charge in [-0.1, -0.05) is 37.0 Å². The minimum absolute atomic E-state index is 0.0976. The van der Waals surface area contributed by atoms with E-state index in [4.69, 9.17) is 23.2 Å². The van der Waals surface area contributed by atoms with Gasteiger partial charge in [-0.3, -0.25) is 0 Å². The van der Waals surface area contributed by atoms with Gasteiger partial charge >= 0.3 is 0 Å². The Balaban J connectivity index is 2.37.